The molecule has 104 valence electrons. The van der Waals surface area contributed by atoms with Crippen LogP contribution in [0, 0.1) is 11.3 Å². The van der Waals surface area contributed by atoms with E-state index in [0.717, 1.165) is 25.1 Å². The number of rotatable bonds is 5. The second-order valence-electron chi connectivity index (χ2n) is 6.76. The zero-order chi connectivity index (χ0) is 12.4. The van der Waals surface area contributed by atoms with Gasteiger partial charge in [-0.05, 0) is 44.6 Å². The molecule has 2 heteroatoms. The molecule has 0 aromatic rings. The smallest absolute Gasteiger partial charge is 0.0661 e. The van der Waals surface area contributed by atoms with E-state index in [1.807, 2.05) is 0 Å². The summed E-state index contributed by atoms with van der Waals surface area (Å²) >= 11 is 0. The first-order valence-corrected chi connectivity index (χ1v) is 8.20. The van der Waals surface area contributed by atoms with E-state index >= 15 is 0 Å². The molecule has 0 aliphatic heterocycles. The summed E-state index contributed by atoms with van der Waals surface area (Å²) in [4.78, 5) is 0. The summed E-state index contributed by atoms with van der Waals surface area (Å²) in [5.41, 5.74) is 0.501. The van der Waals surface area contributed by atoms with E-state index in [1.54, 1.807) is 0 Å². The van der Waals surface area contributed by atoms with Gasteiger partial charge in [-0.3, -0.25) is 0 Å². The van der Waals surface area contributed by atoms with Crippen molar-refractivity contribution in [2.45, 2.75) is 76.9 Å². The molecule has 3 aliphatic rings. The fraction of sp³-hybridized carbons (Fsp3) is 1.00. The van der Waals surface area contributed by atoms with Crippen LogP contribution in [0.5, 0.6) is 0 Å². The van der Waals surface area contributed by atoms with Gasteiger partial charge in [-0.2, -0.15) is 0 Å². The Kier molecular flexibility index (Phi) is 3.95. The zero-order valence-electron chi connectivity index (χ0n) is 11.9. The Bertz CT molecular complexity index is 266. The molecule has 2 atom stereocenters. The third-order valence-electron chi connectivity index (χ3n) is 5.50. The van der Waals surface area contributed by atoms with Crippen molar-refractivity contribution < 1.29 is 4.74 Å². The predicted octanol–water partition coefficient (Wildman–Crippen LogP) is 3.50. The second kappa shape index (κ2) is 5.50. The summed E-state index contributed by atoms with van der Waals surface area (Å²) in [6.45, 7) is 4.40. The lowest BCUT2D eigenvalue weighted by molar-refractivity contribution is -0.145. The highest BCUT2D eigenvalue weighted by atomic mass is 16.5. The maximum absolute atomic E-state index is 6.29. The van der Waals surface area contributed by atoms with Crippen molar-refractivity contribution in [2.75, 3.05) is 13.2 Å². The molecule has 0 aromatic carbocycles. The van der Waals surface area contributed by atoms with E-state index in [2.05, 4.69) is 12.2 Å². The maximum Gasteiger partial charge on any atom is 0.0661 e. The maximum atomic E-state index is 6.29. The quantitative estimate of drug-likeness (QED) is 0.807. The van der Waals surface area contributed by atoms with E-state index in [4.69, 9.17) is 4.74 Å². The van der Waals surface area contributed by atoms with Crippen LogP contribution < -0.4 is 5.32 Å². The Morgan fingerprint density at radius 1 is 1.11 bits per heavy atom. The van der Waals surface area contributed by atoms with Crippen molar-refractivity contribution in [1.29, 1.82) is 0 Å². The highest BCUT2D eigenvalue weighted by Gasteiger charge is 2.54. The number of hydrogen-bond acceptors (Lipinski definition) is 2. The van der Waals surface area contributed by atoms with Crippen LogP contribution in [0.1, 0.15) is 64.7 Å². The Hall–Kier alpha value is -0.0800. The lowest BCUT2D eigenvalue weighted by Crippen LogP contribution is -2.63. The SMILES string of the molecule is CCNC1CC(OCC2CC2)C12CCCCCC2. The minimum absolute atomic E-state index is 0.501. The van der Waals surface area contributed by atoms with Crippen molar-refractivity contribution in [3.63, 3.8) is 0 Å². The van der Waals surface area contributed by atoms with Crippen LogP contribution in [0.4, 0.5) is 0 Å². The van der Waals surface area contributed by atoms with Crippen molar-refractivity contribution in [3.8, 4) is 0 Å². The van der Waals surface area contributed by atoms with Crippen LogP contribution in [0.15, 0.2) is 0 Å². The van der Waals surface area contributed by atoms with Gasteiger partial charge < -0.3 is 10.1 Å². The van der Waals surface area contributed by atoms with Crippen LogP contribution in [0.2, 0.25) is 0 Å². The highest BCUT2D eigenvalue weighted by Crippen LogP contribution is 2.52. The van der Waals surface area contributed by atoms with Crippen molar-refractivity contribution in [3.05, 3.63) is 0 Å². The topological polar surface area (TPSA) is 21.3 Å². The van der Waals surface area contributed by atoms with Gasteiger partial charge in [0.25, 0.3) is 0 Å². The van der Waals surface area contributed by atoms with Gasteiger partial charge in [0.15, 0.2) is 0 Å². The van der Waals surface area contributed by atoms with Crippen molar-refractivity contribution in [2.24, 2.45) is 11.3 Å². The third-order valence-corrected chi connectivity index (χ3v) is 5.50. The van der Waals surface area contributed by atoms with Gasteiger partial charge in [-0.15, -0.1) is 0 Å². The first-order valence-electron chi connectivity index (χ1n) is 8.20. The number of hydrogen-bond donors (Lipinski definition) is 1. The highest BCUT2D eigenvalue weighted by molar-refractivity contribution is 5.08. The molecule has 0 aromatic heterocycles. The Labute approximate surface area is 112 Å². The molecule has 0 radical (unpaired) electrons. The molecule has 3 aliphatic carbocycles. The fourth-order valence-corrected chi connectivity index (χ4v) is 4.11. The molecular formula is C16H29NO. The molecule has 2 nitrogen and oxygen atoms in total. The van der Waals surface area contributed by atoms with Gasteiger partial charge in [0, 0.05) is 18.1 Å². The van der Waals surface area contributed by atoms with E-state index in [1.165, 1.54) is 57.8 Å². The summed E-state index contributed by atoms with van der Waals surface area (Å²) in [5, 5.41) is 3.72. The molecule has 18 heavy (non-hydrogen) atoms. The van der Waals surface area contributed by atoms with Gasteiger partial charge in [0.05, 0.1) is 6.10 Å². The van der Waals surface area contributed by atoms with E-state index in [-0.39, 0.29) is 0 Å². The largest absolute Gasteiger partial charge is 0.377 e. The standard InChI is InChI=1S/C16H29NO/c1-2-17-14-11-15(18-12-13-7-8-13)16(14)9-5-3-4-6-10-16/h13-15,17H,2-12H2,1H3. The van der Waals surface area contributed by atoms with E-state index < -0.39 is 0 Å². The number of ether oxygens (including phenoxy) is 1. The normalized spacial score (nSPS) is 35.2. The first-order chi connectivity index (χ1) is 8.85. The lowest BCUT2D eigenvalue weighted by atomic mass is 9.57. The Morgan fingerprint density at radius 2 is 1.83 bits per heavy atom. The molecule has 2 unspecified atom stereocenters. The lowest BCUT2D eigenvalue weighted by Gasteiger charge is -2.56. The Balaban J connectivity index is 1.61. The average molecular weight is 251 g/mol. The summed E-state index contributed by atoms with van der Waals surface area (Å²) in [7, 11) is 0. The van der Waals surface area contributed by atoms with Gasteiger partial charge in [0.1, 0.15) is 0 Å². The summed E-state index contributed by atoms with van der Waals surface area (Å²) in [6, 6.07) is 0.741. The molecule has 0 bridgehead atoms. The molecule has 3 fully saturated rings. The zero-order valence-corrected chi connectivity index (χ0v) is 11.9. The second-order valence-corrected chi connectivity index (χ2v) is 6.76. The van der Waals surface area contributed by atoms with Crippen LogP contribution in [-0.4, -0.2) is 25.3 Å². The summed E-state index contributed by atoms with van der Waals surface area (Å²) < 4.78 is 6.29. The first kappa shape index (κ1) is 12.9. The van der Waals surface area contributed by atoms with Crippen LogP contribution in [0.3, 0.4) is 0 Å². The molecule has 1 spiro atoms. The van der Waals surface area contributed by atoms with Crippen molar-refractivity contribution in [1.82, 2.24) is 5.32 Å². The molecule has 0 amide bonds. The third kappa shape index (κ3) is 2.46. The molecular weight excluding hydrogens is 222 g/mol. The van der Waals surface area contributed by atoms with Gasteiger partial charge in [-0.1, -0.05) is 32.6 Å². The van der Waals surface area contributed by atoms with Crippen molar-refractivity contribution >= 4 is 0 Å². The minimum Gasteiger partial charge on any atom is -0.377 e. The molecule has 0 heterocycles. The predicted molar refractivity (Wildman–Crippen MR) is 74.7 cm³/mol. The molecule has 3 saturated carbocycles. The Morgan fingerprint density at radius 3 is 2.44 bits per heavy atom. The minimum atomic E-state index is 0.501. The fourth-order valence-electron chi connectivity index (χ4n) is 4.11. The molecule has 1 N–H and O–H groups in total. The number of nitrogens with one attached hydrogen (secondary N) is 1. The van der Waals surface area contributed by atoms with Crippen LogP contribution >= 0.6 is 0 Å². The molecule has 0 saturated heterocycles. The summed E-state index contributed by atoms with van der Waals surface area (Å²) in [6.07, 6.45) is 13.2. The van der Waals surface area contributed by atoms with E-state index in [9.17, 15) is 0 Å². The summed E-state index contributed by atoms with van der Waals surface area (Å²) in [5.74, 6) is 0.908. The van der Waals surface area contributed by atoms with Crippen LogP contribution in [0.25, 0.3) is 0 Å². The van der Waals surface area contributed by atoms with Gasteiger partial charge in [-0.25, -0.2) is 0 Å². The van der Waals surface area contributed by atoms with Crippen LogP contribution in [-0.2, 0) is 4.74 Å². The van der Waals surface area contributed by atoms with E-state index in [0.29, 0.717) is 11.5 Å². The van der Waals surface area contributed by atoms with Gasteiger partial charge >= 0.3 is 0 Å². The van der Waals surface area contributed by atoms with Gasteiger partial charge in [0.2, 0.25) is 0 Å². The average Bonchev–Trinajstić information content (AvgIpc) is 3.18. The molecule has 3 rings (SSSR count). The monoisotopic (exact) mass is 251 g/mol.